The number of unbranched alkanes of at least 4 members (excludes halogenated alkanes) is 1. The van der Waals surface area contributed by atoms with Crippen LogP contribution in [0, 0.1) is 5.82 Å². The van der Waals surface area contributed by atoms with Crippen LogP contribution in [-0.4, -0.2) is 50.2 Å². The number of carboxylic acid groups (broad SMARTS) is 1. The minimum Gasteiger partial charge on any atom is -0.481 e. The highest BCUT2D eigenvalue weighted by Gasteiger charge is 2.34. The molecule has 1 amide bonds. The number of aliphatic carboxylic acids is 1. The molecule has 2 heterocycles. The van der Waals surface area contributed by atoms with Crippen molar-refractivity contribution in [3.8, 4) is 11.3 Å². The number of halogens is 1. The summed E-state index contributed by atoms with van der Waals surface area (Å²) in [6.07, 6.45) is 3.39. The van der Waals surface area contributed by atoms with E-state index < -0.39 is 27.7 Å². The van der Waals surface area contributed by atoms with Gasteiger partial charge in [0, 0.05) is 25.6 Å². The van der Waals surface area contributed by atoms with Gasteiger partial charge in [-0.2, -0.15) is 4.98 Å². The van der Waals surface area contributed by atoms with Crippen LogP contribution in [0.4, 0.5) is 10.2 Å². The number of nitrogens with zero attached hydrogens (tertiary/aromatic N) is 2. The van der Waals surface area contributed by atoms with Gasteiger partial charge in [-0.15, -0.1) is 0 Å². The first-order chi connectivity index (χ1) is 16.6. The average Bonchev–Trinajstić information content (AvgIpc) is 3.57. The zero-order valence-corrected chi connectivity index (χ0v) is 20.2. The second kappa shape index (κ2) is 9.65. The molecule has 1 aliphatic rings. The molecule has 2 aromatic heterocycles. The third-order valence-electron chi connectivity index (χ3n) is 5.91. The van der Waals surface area contributed by atoms with E-state index in [-0.39, 0.29) is 41.7 Å². The van der Waals surface area contributed by atoms with Crippen molar-refractivity contribution >= 4 is 38.8 Å². The molecular formula is C24H26FN3O6S. The van der Waals surface area contributed by atoms with Gasteiger partial charge in [0.05, 0.1) is 17.2 Å². The Morgan fingerprint density at radius 3 is 2.49 bits per heavy atom. The summed E-state index contributed by atoms with van der Waals surface area (Å²) in [6.45, 7) is 0.0676. The van der Waals surface area contributed by atoms with Crippen LogP contribution in [0.3, 0.4) is 0 Å². The van der Waals surface area contributed by atoms with Crippen molar-refractivity contribution in [2.75, 3.05) is 24.2 Å². The number of amides is 1. The minimum absolute atomic E-state index is 0.0613. The van der Waals surface area contributed by atoms with E-state index in [1.54, 1.807) is 6.07 Å². The van der Waals surface area contributed by atoms with E-state index in [1.165, 1.54) is 35.6 Å². The average molecular weight is 504 g/mol. The van der Waals surface area contributed by atoms with Gasteiger partial charge in [0.1, 0.15) is 17.4 Å². The van der Waals surface area contributed by atoms with Gasteiger partial charge >= 0.3 is 5.97 Å². The maximum atomic E-state index is 13.5. The molecule has 0 bridgehead atoms. The van der Waals surface area contributed by atoms with E-state index in [4.69, 9.17) is 9.52 Å². The highest BCUT2D eigenvalue weighted by atomic mass is 32.2. The third-order valence-corrected chi connectivity index (χ3v) is 7.06. The summed E-state index contributed by atoms with van der Waals surface area (Å²) in [5.41, 5.74) is 1.49. The molecule has 0 atom stereocenters. The van der Waals surface area contributed by atoms with E-state index in [1.807, 2.05) is 0 Å². The quantitative estimate of drug-likeness (QED) is 0.402. The molecule has 0 aliphatic heterocycles. The van der Waals surface area contributed by atoms with E-state index in [2.05, 4.69) is 10.3 Å². The molecule has 1 saturated carbocycles. The highest BCUT2D eigenvalue weighted by molar-refractivity contribution is 7.92. The lowest BCUT2D eigenvalue weighted by atomic mass is 10.0. The SMILES string of the molecule is CNC(=O)c1c(-c2ccc(F)cc2)oc2nc(N(CCCCC(=O)O)S(C)(=O)=O)c(C3CC3)cc12. The number of benzene rings is 1. The van der Waals surface area contributed by atoms with Crippen molar-refractivity contribution in [3.05, 3.63) is 47.3 Å². The van der Waals surface area contributed by atoms with Crippen molar-refractivity contribution in [2.45, 2.75) is 38.0 Å². The Kier molecular flexibility index (Phi) is 6.79. The Morgan fingerprint density at radius 1 is 1.23 bits per heavy atom. The molecule has 3 aromatic rings. The molecule has 9 nitrogen and oxygen atoms in total. The molecule has 35 heavy (non-hydrogen) atoms. The Hall–Kier alpha value is -3.47. The first kappa shape index (κ1) is 24.6. The van der Waals surface area contributed by atoms with Gasteiger partial charge in [-0.25, -0.2) is 12.8 Å². The third kappa shape index (κ3) is 5.29. The number of hydrogen-bond acceptors (Lipinski definition) is 6. The van der Waals surface area contributed by atoms with E-state index >= 15 is 0 Å². The number of rotatable bonds is 10. The predicted octanol–water partition coefficient (Wildman–Crippen LogP) is 3.89. The largest absolute Gasteiger partial charge is 0.481 e. The van der Waals surface area contributed by atoms with Gasteiger partial charge in [-0.3, -0.25) is 13.9 Å². The topological polar surface area (TPSA) is 130 Å². The van der Waals surface area contributed by atoms with E-state index in [0.717, 1.165) is 19.1 Å². The maximum absolute atomic E-state index is 13.5. The van der Waals surface area contributed by atoms with E-state index in [9.17, 15) is 22.4 Å². The minimum atomic E-state index is -3.74. The summed E-state index contributed by atoms with van der Waals surface area (Å²) in [6, 6.07) is 7.26. The van der Waals surface area contributed by atoms with Crippen LogP contribution in [0.25, 0.3) is 22.4 Å². The molecule has 1 fully saturated rings. The number of aromatic nitrogens is 1. The molecular weight excluding hydrogens is 477 g/mol. The Labute approximate surface area is 202 Å². The van der Waals surface area contributed by atoms with Gasteiger partial charge in [-0.05, 0) is 67.5 Å². The van der Waals surface area contributed by atoms with Gasteiger partial charge in [0.25, 0.3) is 5.91 Å². The maximum Gasteiger partial charge on any atom is 0.303 e. The predicted molar refractivity (Wildman–Crippen MR) is 128 cm³/mol. The summed E-state index contributed by atoms with van der Waals surface area (Å²) < 4.78 is 46.1. The van der Waals surface area contributed by atoms with Gasteiger partial charge in [0.15, 0.2) is 0 Å². The molecule has 11 heteroatoms. The second-order valence-corrected chi connectivity index (χ2v) is 10.5. The molecule has 186 valence electrons. The number of sulfonamides is 1. The Balaban J connectivity index is 1.86. The van der Waals surface area contributed by atoms with Crippen molar-refractivity contribution in [1.29, 1.82) is 0 Å². The molecule has 1 aliphatic carbocycles. The number of nitrogens with one attached hydrogen (secondary N) is 1. The van der Waals surface area contributed by atoms with Gasteiger partial charge < -0.3 is 14.8 Å². The van der Waals surface area contributed by atoms with Crippen LogP contribution in [0.5, 0.6) is 0 Å². The number of carboxylic acids is 1. The summed E-state index contributed by atoms with van der Waals surface area (Å²) in [5.74, 6) is -1.27. The van der Waals surface area contributed by atoms with Crippen LogP contribution in [0.15, 0.2) is 34.7 Å². The molecule has 1 aromatic carbocycles. The number of pyridine rings is 1. The standard InChI is InChI=1S/C24H26FN3O6S/c1-26-23(31)20-18-13-17(14-6-7-14)22(28(35(2,32)33)12-4-3-5-19(29)30)27-24(18)34-21(20)15-8-10-16(25)11-9-15/h8-11,13-14H,3-7,12H2,1-2H3,(H,26,31)(H,29,30). The number of hydrogen-bond donors (Lipinski definition) is 2. The fourth-order valence-electron chi connectivity index (χ4n) is 4.04. The van der Waals surface area contributed by atoms with Crippen LogP contribution in [0.1, 0.15) is 53.9 Å². The highest BCUT2D eigenvalue weighted by Crippen LogP contribution is 2.46. The molecule has 0 spiro atoms. The number of carbonyl (C=O) groups excluding carboxylic acids is 1. The van der Waals surface area contributed by atoms with Gasteiger partial charge in [0.2, 0.25) is 15.7 Å². The lowest BCUT2D eigenvalue weighted by Gasteiger charge is -2.23. The summed E-state index contributed by atoms with van der Waals surface area (Å²) in [4.78, 5) is 28.2. The normalized spacial score (nSPS) is 13.7. The van der Waals surface area contributed by atoms with Crippen molar-refractivity contribution in [2.24, 2.45) is 0 Å². The number of carbonyl (C=O) groups is 2. The van der Waals surface area contributed by atoms with Crippen molar-refractivity contribution in [1.82, 2.24) is 10.3 Å². The molecule has 2 N–H and O–H groups in total. The second-order valence-electron chi connectivity index (χ2n) is 8.61. The molecule has 4 rings (SSSR count). The van der Waals surface area contributed by atoms with Crippen LogP contribution >= 0.6 is 0 Å². The zero-order valence-electron chi connectivity index (χ0n) is 19.4. The molecule has 0 saturated heterocycles. The first-order valence-electron chi connectivity index (χ1n) is 11.2. The number of fused-ring (bicyclic) bond motifs is 1. The first-order valence-corrected chi connectivity index (χ1v) is 13.1. The van der Waals surface area contributed by atoms with E-state index in [0.29, 0.717) is 29.4 Å². The fraction of sp³-hybridized carbons (Fsp3) is 0.375. The number of anilines is 1. The Morgan fingerprint density at radius 2 is 1.91 bits per heavy atom. The van der Waals surface area contributed by atoms with Crippen LogP contribution in [-0.2, 0) is 14.8 Å². The summed E-state index contributed by atoms with van der Waals surface area (Å²) >= 11 is 0. The lowest BCUT2D eigenvalue weighted by molar-refractivity contribution is -0.137. The van der Waals surface area contributed by atoms with Crippen molar-refractivity contribution < 1.29 is 31.9 Å². The van der Waals surface area contributed by atoms with Crippen molar-refractivity contribution in [3.63, 3.8) is 0 Å². The number of furan rings is 1. The summed E-state index contributed by atoms with van der Waals surface area (Å²) in [7, 11) is -2.25. The van der Waals surface area contributed by atoms with Crippen LogP contribution in [0.2, 0.25) is 0 Å². The fourth-order valence-corrected chi connectivity index (χ4v) is 4.96. The van der Waals surface area contributed by atoms with Crippen LogP contribution < -0.4 is 9.62 Å². The smallest absolute Gasteiger partial charge is 0.303 e. The molecule has 0 radical (unpaired) electrons. The molecule has 0 unspecified atom stereocenters. The van der Waals surface area contributed by atoms with Gasteiger partial charge in [-0.1, -0.05) is 0 Å². The monoisotopic (exact) mass is 503 g/mol. The Bertz CT molecular complexity index is 1380. The lowest BCUT2D eigenvalue weighted by Crippen LogP contribution is -2.32. The summed E-state index contributed by atoms with van der Waals surface area (Å²) in [5, 5.41) is 11.9. The zero-order chi connectivity index (χ0) is 25.3.